The number of alkyl halides is 4. The summed E-state index contributed by atoms with van der Waals surface area (Å²) in [5, 5.41) is 0.685. The van der Waals surface area contributed by atoms with E-state index in [-0.39, 0.29) is 18.9 Å². The lowest BCUT2D eigenvalue weighted by Gasteiger charge is -2.30. The van der Waals surface area contributed by atoms with Crippen LogP contribution < -0.4 is 4.74 Å². The van der Waals surface area contributed by atoms with E-state index in [9.17, 15) is 17.6 Å². The highest BCUT2D eigenvalue weighted by molar-refractivity contribution is 5.84. The molecule has 1 aromatic heterocycles. The van der Waals surface area contributed by atoms with E-state index in [1.807, 2.05) is 6.92 Å². The van der Waals surface area contributed by atoms with Crippen LogP contribution in [0, 0.1) is 12.8 Å². The minimum Gasteiger partial charge on any atom is -0.490 e. The number of nitrogens with zero attached hydrogens (tertiary/aromatic N) is 1. The Balaban J connectivity index is 1.77. The molecule has 6 heteroatoms. The second-order valence-corrected chi connectivity index (χ2v) is 6.33. The third-order valence-electron chi connectivity index (χ3n) is 4.64. The first-order valence-corrected chi connectivity index (χ1v) is 8.07. The van der Waals surface area contributed by atoms with Gasteiger partial charge in [0, 0.05) is 16.6 Å². The molecule has 1 heterocycles. The van der Waals surface area contributed by atoms with Crippen molar-refractivity contribution in [3.05, 3.63) is 35.5 Å². The Morgan fingerprint density at radius 3 is 2.42 bits per heavy atom. The Morgan fingerprint density at radius 2 is 1.79 bits per heavy atom. The van der Waals surface area contributed by atoms with Gasteiger partial charge in [-0.3, -0.25) is 4.98 Å². The predicted octanol–water partition coefficient (Wildman–Crippen LogP) is 5.51. The molecule has 0 N–H and O–H groups in total. The molecule has 2 nitrogen and oxygen atoms in total. The number of ether oxygens (including phenoxy) is 1. The summed E-state index contributed by atoms with van der Waals surface area (Å²) < 4.78 is 57.5. The number of hydrogen-bond donors (Lipinski definition) is 0. The van der Waals surface area contributed by atoms with Crippen LogP contribution in [0.2, 0.25) is 0 Å². The van der Waals surface area contributed by atoms with E-state index in [4.69, 9.17) is 4.74 Å². The third-order valence-corrected chi connectivity index (χ3v) is 4.64. The quantitative estimate of drug-likeness (QED) is 0.687. The Morgan fingerprint density at radius 1 is 1.08 bits per heavy atom. The van der Waals surface area contributed by atoms with E-state index < -0.39 is 18.8 Å². The van der Waals surface area contributed by atoms with Crippen molar-refractivity contribution >= 4 is 10.9 Å². The molecule has 2 aromatic rings. The van der Waals surface area contributed by atoms with Gasteiger partial charge in [0.25, 0.3) is 0 Å². The van der Waals surface area contributed by atoms with Crippen LogP contribution in [0.25, 0.3) is 10.9 Å². The van der Waals surface area contributed by atoms with E-state index in [0.29, 0.717) is 35.1 Å². The molecule has 0 spiro atoms. The zero-order valence-electron chi connectivity index (χ0n) is 13.4. The first-order valence-electron chi connectivity index (χ1n) is 8.07. The Kier molecular flexibility index (Phi) is 4.65. The van der Waals surface area contributed by atoms with E-state index in [2.05, 4.69) is 4.98 Å². The van der Waals surface area contributed by atoms with Gasteiger partial charge in [0.2, 0.25) is 0 Å². The number of pyridine rings is 1. The first kappa shape index (κ1) is 17.0. The highest BCUT2D eigenvalue weighted by Gasteiger charge is 2.41. The van der Waals surface area contributed by atoms with Gasteiger partial charge in [0.1, 0.15) is 12.4 Å². The summed E-state index contributed by atoms with van der Waals surface area (Å²) >= 11 is 0. The van der Waals surface area contributed by atoms with Crippen LogP contribution in [-0.2, 0) is 6.67 Å². The molecule has 1 aromatic carbocycles. The molecule has 3 rings (SSSR count). The van der Waals surface area contributed by atoms with E-state index in [0.717, 1.165) is 5.69 Å². The molecule has 1 fully saturated rings. The zero-order chi connectivity index (χ0) is 17.3. The largest absolute Gasteiger partial charge is 0.490 e. The SMILES string of the molecule is Cc1ccc2c(CF)c(OC3CCC(C(F)(F)F)CC3)ccc2n1. The van der Waals surface area contributed by atoms with Gasteiger partial charge in [-0.25, -0.2) is 4.39 Å². The number of halogens is 4. The van der Waals surface area contributed by atoms with Gasteiger partial charge in [-0.15, -0.1) is 0 Å². The second kappa shape index (κ2) is 6.57. The molecular weight excluding hydrogens is 322 g/mol. The lowest BCUT2D eigenvalue weighted by molar-refractivity contribution is -0.185. The summed E-state index contributed by atoms with van der Waals surface area (Å²) in [7, 11) is 0. The third kappa shape index (κ3) is 3.47. The Labute approximate surface area is 137 Å². The molecule has 0 saturated heterocycles. The van der Waals surface area contributed by atoms with E-state index in [1.54, 1.807) is 24.3 Å². The normalized spacial score (nSPS) is 21.9. The summed E-state index contributed by atoms with van der Waals surface area (Å²) in [4.78, 5) is 4.36. The van der Waals surface area contributed by atoms with Crippen LogP contribution in [0.4, 0.5) is 17.6 Å². The standard InChI is InChI=1S/C18H19F4NO/c1-11-2-7-14-15(10-19)17(9-8-16(14)23-11)24-13-5-3-12(4-6-13)18(20,21)22/h2,7-9,12-13H,3-6,10H2,1H3. The van der Waals surface area contributed by atoms with Crippen LogP contribution in [0.1, 0.15) is 36.9 Å². The minimum absolute atomic E-state index is 0.0630. The summed E-state index contributed by atoms with van der Waals surface area (Å²) in [5.74, 6) is -0.840. The molecule has 1 aliphatic carbocycles. The van der Waals surface area contributed by atoms with E-state index in [1.165, 1.54) is 0 Å². The molecule has 0 amide bonds. The van der Waals surface area contributed by atoms with Crippen LogP contribution in [0.15, 0.2) is 24.3 Å². The van der Waals surface area contributed by atoms with Gasteiger partial charge in [0.05, 0.1) is 17.5 Å². The fourth-order valence-electron chi connectivity index (χ4n) is 3.28. The van der Waals surface area contributed by atoms with Gasteiger partial charge < -0.3 is 4.74 Å². The van der Waals surface area contributed by atoms with Gasteiger partial charge in [-0.05, 0) is 50.8 Å². The lowest BCUT2D eigenvalue weighted by atomic mass is 9.87. The van der Waals surface area contributed by atoms with Crippen LogP contribution in [0.5, 0.6) is 5.75 Å². The van der Waals surface area contributed by atoms with Gasteiger partial charge >= 0.3 is 6.18 Å². The topological polar surface area (TPSA) is 22.1 Å². The van der Waals surface area contributed by atoms with Crippen LogP contribution in [0.3, 0.4) is 0 Å². The second-order valence-electron chi connectivity index (χ2n) is 6.33. The maximum absolute atomic E-state index is 13.5. The van der Waals surface area contributed by atoms with Gasteiger partial charge in [-0.1, -0.05) is 6.07 Å². The molecular formula is C18H19F4NO. The number of fused-ring (bicyclic) bond motifs is 1. The van der Waals surface area contributed by atoms with Crippen molar-refractivity contribution in [3.8, 4) is 5.75 Å². The fraction of sp³-hybridized carbons (Fsp3) is 0.500. The maximum atomic E-state index is 13.5. The van der Waals surface area contributed by atoms with Crippen molar-refractivity contribution in [2.45, 2.75) is 51.6 Å². The average molecular weight is 341 g/mol. The molecule has 0 bridgehead atoms. The molecule has 1 saturated carbocycles. The lowest BCUT2D eigenvalue weighted by Crippen LogP contribution is -2.32. The summed E-state index contributed by atoms with van der Waals surface area (Å²) in [6.07, 6.45) is -3.65. The van der Waals surface area contributed by atoms with E-state index >= 15 is 0 Å². The smallest absolute Gasteiger partial charge is 0.391 e. The van der Waals surface area contributed by atoms with Crippen LogP contribution in [-0.4, -0.2) is 17.3 Å². The summed E-state index contributed by atoms with van der Waals surface area (Å²) in [6.45, 7) is 1.16. The minimum atomic E-state index is -4.14. The van der Waals surface area contributed by atoms with Crippen molar-refractivity contribution in [2.24, 2.45) is 5.92 Å². The average Bonchev–Trinajstić information content (AvgIpc) is 2.54. The molecule has 24 heavy (non-hydrogen) atoms. The van der Waals surface area contributed by atoms with Gasteiger partial charge in [0.15, 0.2) is 0 Å². The summed E-state index contributed by atoms with van der Waals surface area (Å²) in [5.41, 5.74) is 1.94. The van der Waals surface area contributed by atoms with Crippen molar-refractivity contribution in [3.63, 3.8) is 0 Å². The molecule has 0 radical (unpaired) electrons. The monoisotopic (exact) mass is 341 g/mol. The van der Waals surface area contributed by atoms with Crippen molar-refractivity contribution < 1.29 is 22.3 Å². The number of benzene rings is 1. The van der Waals surface area contributed by atoms with Crippen molar-refractivity contribution in [1.82, 2.24) is 4.98 Å². The first-order chi connectivity index (χ1) is 11.4. The number of aryl methyl sites for hydroxylation is 1. The Bertz CT molecular complexity index is 721. The highest BCUT2D eigenvalue weighted by Crippen LogP contribution is 2.39. The number of hydrogen-bond acceptors (Lipinski definition) is 2. The highest BCUT2D eigenvalue weighted by atomic mass is 19.4. The van der Waals surface area contributed by atoms with Crippen molar-refractivity contribution in [2.75, 3.05) is 0 Å². The maximum Gasteiger partial charge on any atom is 0.391 e. The Hall–Kier alpha value is -1.85. The van der Waals surface area contributed by atoms with Crippen LogP contribution >= 0.6 is 0 Å². The molecule has 130 valence electrons. The fourth-order valence-corrected chi connectivity index (χ4v) is 3.28. The molecule has 1 aliphatic rings. The zero-order valence-corrected chi connectivity index (χ0v) is 13.4. The number of aromatic nitrogens is 1. The molecule has 0 aliphatic heterocycles. The predicted molar refractivity (Wildman–Crippen MR) is 83.7 cm³/mol. The number of rotatable bonds is 3. The van der Waals surface area contributed by atoms with Crippen molar-refractivity contribution in [1.29, 1.82) is 0 Å². The molecule has 0 atom stereocenters. The summed E-state index contributed by atoms with van der Waals surface area (Å²) in [6, 6.07) is 7.04. The van der Waals surface area contributed by atoms with Gasteiger partial charge in [-0.2, -0.15) is 13.2 Å². The molecule has 0 unspecified atom stereocenters.